The molecule has 0 spiro atoms. The molecule has 4 nitrogen and oxygen atoms in total. The van der Waals surface area contributed by atoms with Gasteiger partial charge in [0.25, 0.3) is 0 Å². The van der Waals surface area contributed by atoms with Crippen molar-refractivity contribution in [2.45, 2.75) is 13.3 Å². The molecule has 0 bridgehead atoms. The van der Waals surface area contributed by atoms with E-state index < -0.39 is 10.4 Å². The van der Waals surface area contributed by atoms with Gasteiger partial charge in [0.2, 0.25) is 0 Å². The summed E-state index contributed by atoms with van der Waals surface area (Å²) in [4.78, 5) is 0. The van der Waals surface area contributed by atoms with Gasteiger partial charge in [0.05, 0.1) is 0 Å². The van der Waals surface area contributed by atoms with Crippen LogP contribution >= 0.6 is 0 Å². The van der Waals surface area contributed by atoms with Crippen molar-refractivity contribution in [2.75, 3.05) is 0 Å². The first-order valence-electron chi connectivity index (χ1n) is 3.77. The van der Waals surface area contributed by atoms with Gasteiger partial charge in [0, 0.05) is 0 Å². The summed E-state index contributed by atoms with van der Waals surface area (Å²) in [5, 5.41) is 0. The average molecular weight is 202 g/mol. The zero-order chi connectivity index (χ0) is 9.90. The summed E-state index contributed by atoms with van der Waals surface area (Å²) in [5.41, 5.74) is 0.736. The van der Waals surface area contributed by atoms with Crippen molar-refractivity contribution < 1.29 is 17.2 Å². The maximum Gasteiger partial charge on any atom is 0.446 e. The van der Waals surface area contributed by atoms with E-state index in [9.17, 15) is 8.42 Å². The van der Waals surface area contributed by atoms with Crippen molar-refractivity contribution in [3.8, 4) is 5.75 Å². The average Bonchev–Trinajstić information content (AvgIpc) is 2.02. The van der Waals surface area contributed by atoms with Gasteiger partial charge in [-0.25, -0.2) is 0 Å². The largest absolute Gasteiger partial charge is 0.446 e. The van der Waals surface area contributed by atoms with E-state index in [-0.39, 0.29) is 5.75 Å². The molecule has 1 N–H and O–H groups in total. The highest BCUT2D eigenvalue weighted by Gasteiger charge is 2.09. The lowest BCUT2D eigenvalue weighted by Crippen LogP contribution is -2.07. The van der Waals surface area contributed by atoms with Gasteiger partial charge >= 0.3 is 10.4 Å². The summed E-state index contributed by atoms with van der Waals surface area (Å²) in [7, 11) is -4.41. The van der Waals surface area contributed by atoms with Crippen LogP contribution in [-0.4, -0.2) is 13.0 Å². The van der Waals surface area contributed by atoms with Crippen molar-refractivity contribution in [1.82, 2.24) is 0 Å². The third-order valence-electron chi connectivity index (χ3n) is 1.55. The second-order valence-corrected chi connectivity index (χ2v) is 3.49. The van der Waals surface area contributed by atoms with E-state index >= 15 is 0 Å². The molecule has 0 amide bonds. The van der Waals surface area contributed by atoms with Gasteiger partial charge in [-0.15, -0.1) is 0 Å². The van der Waals surface area contributed by atoms with Crippen LogP contribution in [0, 0.1) is 0 Å². The molecule has 72 valence electrons. The Labute approximate surface area is 77.1 Å². The van der Waals surface area contributed by atoms with E-state index in [0.29, 0.717) is 6.42 Å². The number of rotatable bonds is 3. The predicted molar refractivity (Wildman–Crippen MR) is 48.0 cm³/mol. The highest BCUT2D eigenvalue weighted by Crippen LogP contribution is 2.19. The van der Waals surface area contributed by atoms with Gasteiger partial charge in [-0.2, -0.15) is 8.42 Å². The maximum atomic E-state index is 10.4. The first kappa shape index (κ1) is 10.0. The highest BCUT2D eigenvalue weighted by atomic mass is 32.3. The van der Waals surface area contributed by atoms with Crippen molar-refractivity contribution in [2.24, 2.45) is 0 Å². The number of benzene rings is 1. The van der Waals surface area contributed by atoms with E-state index in [0.717, 1.165) is 5.56 Å². The normalized spacial score (nSPS) is 11.2. The Bertz CT molecular complexity index is 383. The molecule has 0 saturated heterocycles. The molecule has 1 aromatic rings. The van der Waals surface area contributed by atoms with Crippen LogP contribution in [0.1, 0.15) is 12.5 Å². The van der Waals surface area contributed by atoms with E-state index in [1.807, 2.05) is 6.92 Å². The van der Waals surface area contributed by atoms with E-state index in [1.54, 1.807) is 18.2 Å². The first-order chi connectivity index (χ1) is 6.03. The predicted octanol–water partition coefficient (Wildman–Crippen LogP) is 1.43. The summed E-state index contributed by atoms with van der Waals surface area (Å²) in [6.07, 6.45) is 0.645. The number of aryl methyl sites for hydroxylation is 1. The van der Waals surface area contributed by atoms with Crippen LogP contribution in [0.4, 0.5) is 0 Å². The molecule has 0 aromatic heterocycles. The van der Waals surface area contributed by atoms with Crippen molar-refractivity contribution in [1.29, 1.82) is 0 Å². The van der Waals surface area contributed by atoms with Crippen LogP contribution in [0.3, 0.4) is 0 Å². The van der Waals surface area contributed by atoms with Crippen LogP contribution in [-0.2, 0) is 16.8 Å². The minimum Gasteiger partial charge on any atom is -0.362 e. The molecule has 0 radical (unpaired) electrons. The zero-order valence-corrected chi connectivity index (χ0v) is 7.91. The van der Waals surface area contributed by atoms with Crippen LogP contribution < -0.4 is 4.18 Å². The number of hydrogen-bond donors (Lipinski definition) is 1. The topological polar surface area (TPSA) is 63.6 Å². The second kappa shape index (κ2) is 3.76. The first-order valence-corrected chi connectivity index (χ1v) is 5.14. The van der Waals surface area contributed by atoms with Crippen LogP contribution in [0.5, 0.6) is 5.75 Å². The Kier molecular flexibility index (Phi) is 2.90. The Morgan fingerprint density at radius 3 is 2.54 bits per heavy atom. The van der Waals surface area contributed by atoms with Crippen LogP contribution in [0.2, 0.25) is 0 Å². The SMILES string of the molecule is CCc1ccccc1OS(=O)(=O)O. The lowest BCUT2D eigenvalue weighted by Gasteiger charge is -2.05. The molecular weight excluding hydrogens is 192 g/mol. The van der Waals surface area contributed by atoms with Gasteiger partial charge in [0.15, 0.2) is 0 Å². The lowest BCUT2D eigenvalue weighted by atomic mass is 10.1. The van der Waals surface area contributed by atoms with Crippen molar-refractivity contribution >= 4 is 10.4 Å². The molecule has 0 saturated carbocycles. The maximum absolute atomic E-state index is 10.4. The number of para-hydroxylation sites is 1. The summed E-state index contributed by atoms with van der Waals surface area (Å²) in [6, 6.07) is 6.64. The summed E-state index contributed by atoms with van der Waals surface area (Å²) >= 11 is 0. The molecule has 0 unspecified atom stereocenters. The van der Waals surface area contributed by atoms with Gasteiger partial charge in [-0.3, -0.25) is 4.55 Å². The molecule has 13 heavy (non-hydrogen) atoms. The number of hydrogen-bond acceptors (Lipinski definition) is 3. The quantitative estimate of drug-likeness (QED) is 0.753. The molecule has 5 heteroatoms. The van der Waals surface area contributed by atoms with Gasteiger partial charge in [-0.05, 0) is 18.1 Å². The summed E-state index contributed by atoms with van der Waals surface area (Å²) in [5.74, 6) is 0.174. The third-order valence-corrected chi connectivity index (χ3v) is 1.94. The Hall–Kier alpha value is -1.07. The van der Waals surface area contributed by atoms with Crippen LogP contribution in [0.25, 0.3) is 0 Å². The molecule has 0 aliphatic carbocycles. The highest BCUT2D eigenvalue weighted by molar-refractivity contribution is 7.81. The van der Waals surface area contributed by atoms with Gasteiger partial charge in [0.1, 0.15) is 5.75 Å². The summed E-state index contributed by atoms with van der Waals surface area (Å²) in [6.45, 7) is 1.87. The van der Waals surface area contributed by atoms with Gasteiger partial charge < -0.3 is 4.18 Å². The zero-order valence-electron chi connectivity index (χ0n) is 7.10. The molecular formula is C8H10O4S. The molecule has 0 heterocycles. The Morgan fingerprint density at radius 2 is 2.00 bits per heavy atom. The fraction of sp³-hybridized carbons (Fsp3) is 0.250. The lowest BCUT2D eigenvalue weighted by molar-refractivity contribution is 0.385. The molecule has 0 atom stereocenters. The summed E-state index contributed by atoms with van der Waals surface area (Å²) < 4.78 is 33.6. The minimum atomic E-state index is -4.41. The Morgan fingerprint density at radius 1 is 1.38 bits per heavy atom. The Balaban J connectivity index is 3.01. The molecule has 0 aliphatic heterocycles. The van der Waals surface area contributed by atoms with Crippen molar-refractivity contribution in [3.05, 3.63) is 29.8 Å². The fourth-order valence-electron chi connectivity index (χ4n) is 0.991. The van der Waals surface area contributed by atoms with E-state index in [1.165, 1.54) is 6.07 Å². The fourth-order valence-corrected chi connectivity index (χ4v) is 1.38. The van der Waals surface area contributed by atoms with Crippen molar-refractivity contribution in [3.63, 3.8) is 0 Å². The minimum absolute atomic E-state index is 0.174. The molecule has 0 fully saturated rings. The molecule has 1 rings (SSSR count). The van der Waals surface area contributed by atoms with Gasteiger partial charge in [-0.1, -0.05) is 25.1 Å². The third kappa shape index (κ3) is 3.04. The smallest absolute Gasteiger partial charge is 0.362 e. The second-order valence-electron chi connectivity index (χ2n) is 2.47. The monoisotopic (exact) mass is 202 g/mol. The molecule has 0 aliphatic rings. The van der Waals surface area contributed by atoms with E-state index in [2.05, 4.69) is 4.18 Å². The molecule has 1 aromatic carbocycles. The van der Waals surface area contributed by atoms with E-state index in [4.69, 9.17) is 4.55 Å². The van der Waals surface area contributed by atoms with Crippen LogP contribution in [0.15, 0.2) is 24.3 Å². The standard InChI is InChI=1S/C8H10O4S/c1-2-7-5-3-4-6-8(7)12-13(9,10)11/h3-6H,2H2,1H3,(H,9,10,11).